The number of non-ortho nitro benzene ring substituents is 1. The van der Waals surface area contributed by atoms with Crippen LogP contribution in [0.25, 0.3) is 0 Å². The standard InChI is InChI=1S/C13H11FN2O4/c1-15(7-9-4-5-20-8-9)13(17)11-6-10(16(18)19)2-3-12(11)14/h2-6,8H,7H2,1H3. The van der Waals surface area contributed by atoms with Gasteiger partial charge < -0.3 is 9.32 Å². The summed E-state index contributed by atoms with van der Waals surface area (Å²) < 4.78 is 18.5. The molecule has 7 heteroatoms. The van der Waals surface area contributed by atoms with Crippen LogP contribution in [-0.2, 0) is 6.54 Å². The molecule has 0 N–H and O–H groups in total. The molecule has 0 aliphatic heterocycles. The summed E-state index contributed by atoms with van der Waals surface area (Å²) in [6, 6.07) is 4.54. The average molecular weight is 278 g/mol. The lowest BCUT2D eigenvalue weighted by Gasteiger charge is -2.16. The van der Waals surface area contributed by atoms with E-state index in [2.05, 4.69) is 0 Å². The SMILES string of the molecule is CN(Cc1ccoc1)C(=O)c1cc([N+](=O)[O-])ccc1F. The largest absolute Gasteiger partial charge is 0.472 e. The number of nitro groups is 1. The lowest BCUT2D eigenvalue weighted by Crippen LogP contribution is -2.26. The molecule has 1 amide bonds. The fraction of sp³-hybridized carbons (Fsp3) is 0.154. The molecule has 104 valence electrons. The molecule has 0 bridgehead atoms. The Balaban J connectivity index is 2.23. The van der Waals surface area contributed by atoms with Gasteiger partial charge in [0.15, 0.2) is 0 Å². The van der Waals surface area contributed by atoms with Crippen LogP contribution in [0.3, 0.4) is 0 Å². The van der Waals surface area contributed by atoms with Crippen molar-refractivity contribution in [3.05, 3.63) is 63.9 Å². The highest BCUT2D eigenvalue weighted by atomic mass is 19.1. The van der Waals surface area contributed by atoms with E-state index in [4.69, 9.17) is 4.42 Å². The molecule has 2 aromatic rings. The minimum atomic E-state index is -0.792. The Hall–Kier alpha value is -2.70. The van der Waals surface area contributed by atoms with E-state index >= 15 is 0 Å². The first kappa shape index (κ1) is 13.7. The van der Waals surface area contributed by atoms with Crippen LogP contribution in [0, 0.1) is 15.9 Å². The summed E-state index contributed by atoms with van der Waals surface area (Å²) in [7, 11) is 1.48. The third-order valence-corrected chi connectivity index (χ3v) is 2.74. The Labute approximate surface area is 113 Å². The zero-order chi connectivity index (χ0) is 14.7. The summed E-state index contributed by atoms with van der Waals surface area (Å²) in [6.07, 6.45) is 2.93. The number of furan rings is 1. The molecule has 20 heavy (non-hydrogen) atoms. The Morgan fingerprint density at radius 2 is 2.20 bits per heavy atom. The summed E-state index contributed by atoms with van der Waals surface area (Å²) in [6.45, 7) is 0.220. The van der Waals surface area contributed by atoms with E-state index in [1.165, 1.54) is 24.5 Å². The molecule has 0 fully saturated rings. The van der Waals surface area contributed by atoms with Gasteiger partial charge in [-0.05, 0) is 12.1 Å². The predicted molar refractivity (Wildman–Crippen MR) is 67.6 cm³/mol. The number of hydrogen-bond acceptors (Lipinski definition) is 4. The zero-order valence-electron chi connectivity index (χ0n) is 10.6. The number of benzene rings is 1. The second-order valence-corrected chi connectivity index (χ2v) is 4.21. The van der Waals surface area contributed by atoms with Crippen molar-refractivity contribution in [2.24, 2.45) is 0 Å². The minimum absolute atomic E-state index is 0.220. The molecule has 0 radical (unpaired) electrons. The van der Waals surface area contributed by atoms with Crippen LogP contribution in [0.1, 0.15) is 15.9 Å². The van der Waals surface area contributed by atoms with Crippen molar-refractivity contribution in [2.75, 3.05) is 7.05 Å². The van der Waals surface area contributed by atoms with Gasteiger partial charge in [-0.1, -0.05) is 0 Å². The molecule has 0 atom stereocenters. The van der Waals surface area contributed by atoms with Gasteiger partial charge in [0.2, 0.25) is 0 Å². The van der Waals surface area contributed by atoms with E-state index in [-0.39, 0.29) is 17.8 Å². The van der Waals surface area contributed by atoms with Crippen molar-refractivity contribution in [2.45, 2.75) is 6.54 Å². The number of carbonyl (C=O) groups is 1. The van der Waals surface area contributed by atoms with Gasteiger partial charge in [-0.25, -0.2) is 4.39 Å². The number of nitro benzene ring substituents is 1. The first-order valence-electron chi connectivity index (χ1n) is 5.69. The highest BCUT2D eigenvalue weighted by molar-refractivity contribution is 5.94. The third kappa shape index (κ3) is 2.82. The second-order valence-electron chi connectivity index (χ2n) is 4.21. The fourth-order valence-electron chi connectivity index (χ4n) is 1.72. The van der Waals surface area contributed by atoms with Crippen LogP contribution in [-0.4, -0.2) is 22.8 Å². The van der Waals surface area contributed by atoms with E-state index in [0.717, 1.165) is 23.8 Å². The lowest BCUT2D eigenvalue weighted by atomic mass is 10.1. The third-order valence-electron chi connectivity index (χ3n) is 2.74. The van der Waals surface area contributed by atoms with Crippen molar-refractivity contribution in [1.29, 1.82) is 0 Å². The molecule has 0 saturated heterocycles. The minimum Gasteiger partial charge on any atom is -0.472 e. The van der Waals surface area contributed by atoms with Crippen LogP contribution < -0.4 is 0 Å². The molecule has 1 aromatic carbocycles. The van der Waals surface area contributed by atoms with E-state index in [9.17, 15) is 19.3 Å². The Morgan fingerprint density at radius 3 is 2.80 bits per heavy atom. The summed E-state index contributed by atoms with van der Waals surface area (Å²) >= 11 is 0. The van der Waals surface area contributed by atoms with Crippen LogP contribution in [0.4, 0.5) is 10.1 Å². The maximum Gasteiger partial charge on any atom is 0.270 e. The maximum absolute atomic E-state index is 13.6. The van der Waals surface area contributed by atoms with Gasteiger partial charge in [-0.15, -0.1) is 0 Å². The second kappa shape index (κ2) is 5.52. The molecule has 0 aliphatic rings. The Kier molecular flexibility index (Phi) is 3.79. The first-order chi connectivity index (χ1) is 9.49. The van der Waals surface area contributed by atoms with Crippen molar-refractivity contribution >= 4 is 11.6 Å². The van der Waals surface area contributed by atoms with E-state index in [0.29, 0.717) is 0 Å². The normalized spacial score (nSPS) is 10.3. The lowest BCUT2D eigenvalue weighted by molar-refractivity contribution is -0.384. The topological polar surface area (TPSA) is 76.6 Å². The summed E-state index contributed by atoms with van der Waals surface area (Å²) in [4.78, 5) is 23.3. The monoisotopic (exact) mass is 278 g/mol. The molecule has 0 saturated carbocycles. The molecule has 6 nitrogen and oxygen atoms in total. The average Bonchev–Trinajstić information content (AvgIpc) is 2.91. The van der Waals surface area contributed by atoms with Crippen LogP contribution in [0.2, 0.25) is 0 Å². The molecular weight excluding hydrogens is 267 g/mol. The Morgan fingerprint density at radius 1 is 1.45 bits per heavy atom. The van der Waals surface area contributed by atoms with Crippen molar-refractivity contribution in [1.82, 2.24) is 4.90 Å². The van der Waals surface area contributed by atoms with Crippen LogP contribution in [0.15, 0.2) is 41.2 Å². The maximum atomic E-state index is 13.6. The van der Waals surface area contributed by atoms with Gasteiger partial charge >= 0.3 is 0 Å². The molecule has 2 rings (SSSR count). The highest BCUT2D eigenvalue weighted by Gasteiger charge is 2.20. The van der Waals surface area contributed by atoms with E-state index in [1.54, 1.807) is 6.07 Å². The number of hydrogen-bond donors (Lipinski definition) is 0. The van der Waals surface area contributed by atoms with Gasteiger partial charge in [0.05, 0.1) is 23.0 Å². The molecule has 0 unspecified atom stereocenters. The number of halogens is 1. The summed E-state index contributed by atoms with van der Waals surface area (Å²) in [5.74, 6) is -1.42. The van der Waals surface area contributed by atoms with Crippen molar-refractivity contribution in [3.63, 3.8) is 0 Å². The summed E-state index contributed by atoms with van der Waals surface area (Å²) in [5.41, 5.74) is 0.0864. The Bertz CT molecular complexity index is 640. The fourth-order valence-corrected chi connectivity index (χ4v) is 1.72. The predicted octanol–water partition coefficient (Wildman–Crippen LogP) is 2.60. The van der Waals surface area contributed by atoms with Gasteiger partial charge in [-0.3, -0.25) is 14.9 Å². The van der Waals surface area contributed by atoms with Crippen molar-refractivity contribution in [3.8, 4) is 0 Å². The number of nitrogens with zero attached hydrogens (tertiary/aromatic N) is 2. The van der Waals surface area contributed by atoms with Gasteiger partial charge in [0.25, 0.3) is 11.6 Å². The van der Waals surface area contributed by atoms with Gasteiger partial charge in [0.1, 0.15) is 5.82 Å². The first-order valence-corrected chi connectivity index (χ1v) is 5.69. The van der Waals surface area contributed by atoms with E-state index < -0.39 is 16.6 Å². The van der Waals surface area contributed by atoms with Gasteiger partial charge in [-0.2, -0.15) is 0 Å². The molecule has 0 spiro atoms. The van der Waals surface area contributed by atoms with Crippen LogP contribution in [0.5, 0.6) is 0 Å². The van der Waals surface area contributed by atoms with Crippen molar-refractivity contribution < 1.29 is 18.5 Å². The zero-order valence-corrected chi connectivity index (χ0v) is 10.6. The van der Waals surface area contributed by atoms with E-state index in [1.807, 2.05) is 0 Å². The molecule has 1 aromatic heterocycles. The molecule has 0 aliphatic carbocycles. The number of carbonyl (C=O) groups excluding carboxylic acids is 1. The molecular formula is C13H11FN2O4. The highest BCUT2D eigenvalue weighted by Crippen LogP contribution is 2.19. The molecule has 1 heterocycles. The van der Waals surface area contributed by atoms with Gasteiger partial charge in [0, 0.05) is 31.3 Å². The van der Waals surface area contributed by atoms with Crippen LogP contribution >= 0.6 is 0 Å². The number of rotatable bonds is 4. The quantitative estimate of drug-likeness (QED) is 0.636. The smallest absolute Gasteiger partial charge is 0.270 e. The summed E-state index contributed by atoms with van der Waals surface area (Å²) in [5, 5.41) is 10.7. The number of amides is 1.